The Morgan fingerprint density at radius 1 is 0.967 bits per heavy atom. The number of aryl methyl sites for hydroxylation is 1. The maximum atomic E-state index is 12.1. The van der Waals surface area contributed by atoms with Gasteiger partial charge in [0.1, 0.15) is 11.5 Å². The molecule has 0 radical (unpaired) electrons. The van der Waals surface area contributed by atoms with Gasteiger partial charge in [0.05, 0.1) is 10.5 Å². The highest BCUT2D eigenvalue weighted by atomic mass is 16.6. The summed E-state index contributed by atoms with van der Waals surface area (Å²) in [4.78, 5) is 34.4. The fourth-order valence-corrected chi connectivity index (χ4v) is 2.63. The number of anilines is 1. The van der Waals surface area contributed by atoms with E-state index in [1.807, 2.05) is 30.3 Å². The van der Waals surface area contributed by atoms with Crippen molar-refractivity contribution in [2.24, 2.45) is 0 Å². The van der Waals surface area contributed by atoms with E-state index in [0.29, 0.717) is 22.7 Å². The average Bonchev–Trinajstić information content (AvgIpc) is 2.74. The van der Waals surface area contributed by atoms with E-state index in [0.717, 1.165) is 0 Å². The van der Waals surface area contributed by atoms with Crippen LogP contribution in [0, 0.1) is 17.0 Å². The Kier molecular flexibility index (Phi) is 6.39. The van der Waals surface area contributed by atoms with E-state index < -0.39 is 23.4 Å². The number of nitro benzene ring substituents is 1. The van der Waals surface area contributed by atoms with Crippen molar-refractivity contribution in [2.45, 2.75) is 6.92 Å². The summed E-state index contributed by atoms with van der Waals surface area (Å²) >= 11 is 0. The van der Waals surface area contributed by atoms with Crippen molar-refractivity contribution in [3.63, 3.8) is 0 Å². The Balaban J connectivity index is 1.51. The molecule has 0 spiro atoms. The number of carbonyl (C=O) groups is 2. The Bertz CT molecular complexity index is 1060. The van der Waals surface area contributed by atoms with E-state index >= 15 is 0 Å². The van der Waals surface area contributed by atoms with Crippen LogP contribution in [0.25, 0.3) is 0 Å². The van der Waals surface area contributed by atoms with Crippen LogP contribution in [-0.4, -0.2) is 23.4 Å². The summed E-state index contributed by atoms with van der Waals surface area (Å²) in [5.41, 5.74) is 0.886. The summed E-state index contributed by atoms with van der Waals surface area (Å²) in [7, 11) is 0. The van der Waals surface area contributed by atoms with Crippen LogP contribution in [0.3, 0.4) is 0 Å². The van der Waals surface area contributed by atoms with Crippen LogP contribution in [0.1, 0.15) is 15.9 Å². The number of ether oxygens (including phenoxy) is 2. The maximum absolute atomic E-state index is 12.1. The zero-order valence-electron chi connectivity index (χ0n) is 16.0. The average molecular weight is 406 g/mol. The van der Waals surface area contributed by atoms with Gasteiger partial charge in [-0.25, -0.2) is 4.79 Å². The maximum Gasteiger partial charge on any atom is 0.338 e. The largest absolute Gasteiger partial charge is 0.457 e. The Hall–Kier alpha value is -4.20. The molecule has 0 heterocycles. The third-order valence-electron chi connectivity index (χ3n) is 4.08. The molecule has 0 aromatic heterocycles. The lowest BCUT2D eigenvalue weighted by molar-refractivity contribution is -0.385. The first-order valence-electron chi connectivity index (χ1n) is 8.97. The quantitative estimate of drug-likeness (QED) is 0.352. The first-order valence-corrected chi connectivity index (χ1v) is 8.97. The number of para-hydroxylation sites is 1. The lowest BCUT2D eigenvalue weighted by Gasteiger charge is -2.09. The molecule has 30 heavy (non-hydrogen) atoms. The highest BCUT2D eigenvalue weighted by molar-refractivity contribution is 5.95. The number of rotatable bonds is 7. The second-order valence-electron chi connectivity index (χ2n) is 6.32. The van der Waals surface area contributed by atoms with Gasteiger partial charge in [-0.3, -0.25) is 14.9 Å². The lowest BCUT2D eigenvalue weighted by Crippen LogP contribution is -2.21. The van der Waals surface area contributed by atoms with Crippen molar-refractivity contribution in [1.82, 2.24) is 0 Å². The minimum atomic E-state index is -0.741. The van der Waals surface area contributed by atoms with Gasteiger partial charge < -0.3 is 14.8 Å². The highest BCUT2D eigenvalue weighted by Gasteiger charge is 2.15. The van der Waals surface area contributed by atoms with E-state index in [2.05, 4.69) is 5.32 Å². The van der Waals surface area contributed by atoms with Crippen molar-refractivity contribution < 1.29 is 24.0 Å². The monoisotopic (exact) mass is 406 g/mol. The molecular weight excluding hydrogens is 388 g/mol. The van der Waals surface area contributed by atoms with E-state index in [4.69, 9.17) is 9.47 Å². The number of esters is 1. The zero-order valence-corrected chi connectivity index (χ0v) is 16.0. The van der Waals surface area contributed by atoms with Crippen LogP contribution in [0.2, 0.25) is 0 Å². The summed E-state index contributed by atoms with van der Waals surface area (Å²) in [5, 5.41) is 13.4. The second-order valence-corrected chi connectivity index (χ2v) is 6.32. The topological polar surface area (TPSA) is 108 Å². The predicted molar refractivity (Wildman–Crippen MR) is 110 cm³/mol. The first-order chi connectivity index (χ1) is 14.4. The number of benzene rings is 3. The number of nitrogens with one attached hydrogen (secondary N) is 1. The zero-order chi connectivity index (χ0) is 21.5. The molecule has 3 aromatic carbocycles. The van der Waals surface area contributed by atoms with Gasteiger partial charge in [0.25, 0.3) is 11.6 Å². The molecule has 0 bridgehead atoms. The molecule has 8 nitrogen and oxygen atoms in total. The van der Waals surface area contributed by atoms with Crippen LogP contribution in [0.4, 0.5) is 11.4 Å². The van der Waals surface area contributed by atoms with E-state index in [1.54, 1.807) is 24.3 Å². The van der Waals surface area contributed by atoms with Crippen molar-refractivity contribution in [3.05, 3.63) is 94.0 Å². The third kappa shape index (κ3) is 5.41. The van der Waals surface area contributed by atoms with Crippen LogP contribution in [0.15, 0.2) is 72.8 Å². The van der Waals surface area contributed by atoms with Gasteiger partial charge in [0, 0.05) is 17.3 Å². The van der Waals surface area contributed by atoms with Crippen molar-refractivity contribution in [1.29, 1.82) is 0 Å². The molecule has 152 valence electrons. The molecule has 0 aliphatic heterocycles. The summed E-state index contributed by atoms with van der Waals surface area (Å²) in [6.07, 6.45) is 0. The van der Waals surface area contributed by atoms with Gasteiger partial charge in [-0.15, -0.1) is 0 Å². The molecule has 0 unspecified atom stereocenters. The van der Waals surface area contributed by atoms with Gasteiger partial charge in [-0.1, -0.05) is 18.2 Å². The van der Waals surface area contributed by atoms with Crippen LogP contribution < -0.4 is 10.1 Å². The number of amides is 1. The number of hydrogen-bond acceptors (Lipinski definition) is 6. The predicted octanol–water partition coefficient (Wildman–Crippen LogP) is 4.49. The van der Waals surface area contributed by atoms with Crippen LogP contribution in [-0.2, 0) is 9.53 Å². The molecule has 8 heteroatoms. The SMILES string of the molecule is Cc1cc(C(=O)OCC(=O)Nc2ccc(Oc3ccccc3)cc2)ccc1[N+](=O)[O-]. The third-order valence-corrected chi connectivity index (χ3v) is 4.08. The fraction of sp³-hybridized carbons (Fsp3) is 0.0909. The minimum absolute atomic E-state index is 0.0935. The minimum Gasteiger partial charge on any atom is -0.457 e. The molecule has 0 fully saturated rings. The molecule has 0 aliphatic rings. The second kappa shape index (κ2) is 9.33. The Morgan fingerprint density at radius 3 is 2.27 bits per heavy atom. The smallest absolute Gasteiger partial charge is 0.338 e. The van der Waals surface area contributed by atoms with Crippen LogP contribution >= 0.6 is 0 Å². The first kappa shape index (κ1) is 20.5. The molecule has 3 aromatic rings. The molecule has 1 N–H and O–H groups in total. The molecule has 0 saturated carbocycles. The summed E-state index contributed by atoms with van der Waals surface area (Å²) in [6, 6.07) is 19.9. The highest BCUT2D eigenvalue weighted by Crippen LogP contribution is 2.23. The van der Waals surface area contributed by atoms with Gasteiger partial charge in [0.2, 0.25) is 0 Å². The van der Waals surface area contributed by atoms with Gasteiger partial charge in [-0.2, -0.15) is 0 Å². The van der Waals surface area contributed by atoms with Crippen molar-refractivity contribution in [3.8, 4) is 11.5 Å². The van der Waals surface area contributed by atoms with E-state index in [1.165, 1.54) is 25.1 Å². The van der Waals surface area contributed by atoms with E-state index in [9.17, 15) is 19.7 Å². The fourth-order valence-electron chi connectivity index (χ4n) is 2.63. The molecule has 0 aliphatic carbocycles. The van der Waals surface area contributed by atoms with Gasteiger partial charge >= 0.3 is 5.97 Å². The van der Waals surface area contributed by atoms with Gasteiger partial charge in [-0.05, 0) is 55.5 Å². The summed E-state index contributed by atoms with van der Waals surface area (Å²) in [6.45, 7) is 1.03. The number of nitrogens with zero attached hydrogens (tertiary/aromatic N) is 1. The Labute approximate surface area is 172 Å². The lowest BCUT2D eigenvalue weighted by atomic mass is 10.1. The van der Waals surface area contributed by atoms with E-state index in [-0.39, 0.29) is 11.3 Å². The number of hydrogen-bond donors (Lipinski definition) is 1. The molecule has 0 saturated heterocycles. The summed E-state index contributed by atoms with van der Waals surface area (Å²) < 4.78 is 10.6. The summed E-state index contributed by atoms with van der Waals surface area (Å²) in [5.74, 6) is 0.0512. The Morgan fingerprint density at radius 2 is 1.63 bits per heavy atom. The van der Waals surface area contributed by atoms with Gasteiger partial charge in [0.15, 0.2) is 6.61 Å². The molecule has 3 rings (SSSR count). The number of nitro groups is 1. The van der Waals surface area contributed by atoms with Crippen molar-refractivity contribution in [2.75, 3.05) is 11.9 Å². The number of carbonyl (C=O) groups excluding carboxylic acids is 2. The standard InChI is InChI=1S/C22H18N2O6/c1-15-13-16(7-12-20(15)24(27)28)22(26)29-14-21(25)23-17-8-10-19(11-9-17)30-18-5-3-2-4-6-18/h2-13H,14H2,1H3,(H,23,25). The normalized spacial score (nSPS) is 10.2. The van der Waals surface area contributed by atoms with Crippen molar-refractivity contribution >= 4 is 23.3 Å². The molecule has 0 atom stereocenters. The van der Waals surface area contributed by atoms with Crippen LogP contribution in [0.5, 0.6) is 11.5 Å². The molecular formula is C22H18N2O6. The molecule has 1 amide bonds.